The summed E-state index contributed by atoms with van der Waals surface area (Å²) in [6.07, 6.45) is -4.57. The molecule has 0 fully saturated rings. The zero-order valence-electron chi connectivity index (χ0n) is 8.49. The Morgan fingerprint density at radius 2 is 2.06 bits per heavy atom. The molecule has 1 unspecified atom stereocenters. The van der Waals surface area contributed by atoms with Gasteiger partial charge in [0.15, 0.2) is 0 Å². The molecule has 0 aliphatic carbocycles. The van der Waals surface area contributed by atoms with E-state index in [1.54, 1.807) is 0 Å². The normalized spacial score (nSPS) is 19.7. The zero-order chi connectivity index (χ0) is 13.5. The van der Waals surface area contributed by atoms with Gasteiger partial charge in [-0.1, -0.05) is 11.6 Å². The van der Waals surface area contributed by atoms with Gasteiger partial charge in [0, 0.05) is 5.22 Å². The topological polar surface area (TPSA) is 73.3 Å². The minimum absolute atomic E-state index is 0.0176. The van der Waals surface area contributed by atoms with E-state index < -0.39 is 27.9 Å². The third-order valence-corrected chi connectivity index (χ3v) is 2.44. The highest BCUT2D eigenvalue weighted by atomic mass is 35.5. The van der Waals surface area contributed by atoms with Crippen LogP contribution >= 0.6 is 11.6 Å². The smallest absolute Gasteiger partial charge is 0.430 e. The summed E-state index contributed by atoms with van der Waals surface area (Å²) in [6.45, 7) is 0. The number of halogens is 4. The molecule has 0 aromatic heterocycles. The largest absolute Gasteiger partial charge is 0.462 e. The average molecular weight is 280 g/mol. The van der Waals surface area contributed by atoms with Crippen molar-refractivity contribution in [2.75, 3.05) is 5.01 Å². The van der Waals surface area contributed by atoms with Crippen molar-refractivity contribution in [3.05, 3.63) is 34.6 Å². The van der Waals surface area contributed by atoms with Crippen LogP contribution in [0.1, 0.15) is 5.56 Å². The van der Waals surface area contributed by atoms with Gasteiger partial charge in [0.25, 0.3) is 0 Å². The van der Waals surface area contributed by atoms with E-state index in [2.05, 4.69) is 10.4 Å². The number of carbonyl (C=O) groups excluding carboxylic acids is 1. The number of benzene rings is 1. The molecule has 1 aliphatic rings. The second-order valence-electron chi connectivity index (χ2n) is 3.32. The summed E-state index contributed by atoms with van der Waals surface area (Å²) < 4.78 is 37.4. The van der Waals surface area contributed by atoms with Crippen LogP contribution < -0.4 is 10.1 Å². The van der Waals surface area contributed by atoms with Crippen molar-refractivity contribution in [2.24, 2.45) is 10.4 Å². The lowest BCUT2D eigenvalue weighted by Crippen LogP contribution is -3.03. The molecule has 6 nitrogen and oxygen atoms in total. The second kappa shape index (κ2) is 4.19. The van der Waals surface area contributed by atoms with Crippen LogP contribution in [0.3, 0.4) is 0 Å². The van der Waals surface area contributed by atoms with Gasteiger partial charge in [-0.25, -0.2) is 4.79 Å². The van der Waals surface area contributed by atoms with Crippen LogP contribution in [0.2, 0.25) is 5.02 Å². The van der Waals surface area contributed by atoms with Crippen molar-refractivity contribution in [3.8, 4) is 0 Å². The maximum absolute atomic E-state index is 12.5. The lowest BCUT2D eigenvalue weighted by molar-refractivity contribution is -0.763. The van der Waals surface area contributed by atoms with Gasteiger partial charge in [-0.3, -0.25) is 0 Å². The maximum atomic E-state index is 12.5. The van der Waals surface area contributed by atoms with Gasteiger partial charge in [-0.15, -0.1) is 5.01 Å². The Kier molecular flexibility index (Phi) is 2.97. The molecule has 0 saturated carbocycles. The molecule has 1 atom stereocenters. The van der Waals surface area contributed by atoms with Crippen LogP contribution in [-0.4, -0.2) is 6.03 Å². The Labute approximate surface area is 103 Å². The minimum atomic E-state index is -4.57. The van der Waals surface area contributed by atoms with E-state index in [-0.39, 0.29) is 5.69 Å². The average Bonchev–Trinajstić information content (AvgIpc) is 2.58. The second-order valence-corrected chi connectivity index (χ2v) is 3.72. The van der Waals surface area contributed by atoms with Crippen molar-refractivity contribution in [2.45, 2.75) is 6.18 Å². The van der Waals surface area contributed by atoms with Gasteiger partial charge in [0.05, 0.1) is 16.3 Å². The highest BCUT2D eigenvalue weighted by Crippen LogP contribution is 2.36. The summed E-state index contributed by atoms with van der Waals surface area (Å²) in [4.78, 5) is 11.3. The molecule has 10 heteroatoms. The van der Waals surface area contributed by atoms with E-state index in [4.69, 9.17) is 17.4 Å². The number of rotatable bonds is 1. The van der Waals surface area contributed by atoms with Crippen molar-refractivity contribution in [1.82, 2.24) is 0 Å². The highest BCUT2D eigenvalue weighted by molar-refractivity contribution is 6.31. The van der Waals surface area contributed by atoms with Crippen molar-refractivity contribution in [1.29, 1.82) is 0 Å². The molecule has 0 bridgehead atoms. The summed E-state index contributed by atoms with van der Waals surface area (Å²) >= 11 is 5.49. The summed E-state index contributed by atoms with van der Waals surface area (Å²) in [7, 11) is 0. The number of nitrogens with zero attached hydrogens (tertiary/aromatic N) is 3. The first kappa shape index (κ1) is 12.7. The summed E-state index contributed by atoms with van der Waals surface area (Å²) in [5.41, 5.74) is -0.990. The quantitative estimate of drug-likeness (QED) is 0.842. The molecule has 1 aliphatic heterocycles. The van der Waals surface area contributed by atoms with Gasteiger partial charge in [0.1, 0.15) is 0 Å². The van der Waals surface area contributed by atoms with Crippen LogP contribution in [0.4, 0.5) is 23.7 Å². The Balaban J connectivity index is 2.36. The Hall–Kier alpha value is -1.71. The molecule has 0 spiro atoms. The van der Waals surface area contributed by atoms with E-state index in [1.165, 1.54) is 0 Å². The van der Waals surface area contributed by atoms with Crippen LogP contribution in [-0.2, 0) is 6.18 Å². The third kappa shape index (κ3) is 2.15. The van der Waals surface area contributed by atoms with Crippen LogP contribution in [0.5, 0.6) is 0 Å². The van der Waals surface area contributed by atoms with Crippen molar-refractivity contribution >= 4 is 23.3 Å². The van der Waals surface area contributed by atoms with Gasteiger partial charge in [-0.05, 0) is 23.4 Å². The highest BCUT2D eigenvalue weighted by Gasteiger charge is 2.35. The van der Waals surface area contributed by atoms with Crippen LogP contribution in [0, 0.1) is 0 Å². The first-order valence-electron chi connectivity index (χ1n) is 4.52. The predicted octanol–water partition coefficient (Wildman–Crippen LogP) is 2.43. The molecule has 0 radical (unpaired) electrons. The SMILES string of the molecule is [NH-][NH+]1N=NN(c2ccc(C(F)(F)F)c(Cl)c2)C1=O. The lowest BCUT2D eigenvalue weighted by atomic mass is 10.2. The van der Waals surface area contributed by atoms with Crippen molar-refractivity contribution < 1.29 is 23.1 Å². The fourth-order valence-electron chi connectivity index (χ4n) is 1.31. The molecular weight excluding hydrogens is 275 g/mol. The maximum Gasteiger partial charge on any atom is 0.462 e. The number of nitrogens with one attached hydrogen (secondary N) is 2. The Morgan fingerprint density at radius 1 is 1.39 bits per heavy atom. The first-order chi connectivity index (χ1) is 8.30. The first-order valence-corrected chi connectivity index (χ1v) is 4.90. The molecular formula is C8H5ClF3N5O. The number of anilines is 1. The molecule has 2 amide bonds. The Bertz CT molecular complexity index is 532. The van der Waals surface area contributed by atoms with Gasteiger partial charge in [-0.2, -0.15) is 18.3 Å². The van der Waals surface area contributed by atoms with Gasteiger partial charge >= 0.3 is 12.2 Å². The van der Waals surface area contributed by atoms with Crippen LogP contribution in [0.25, 0.3) is 5.84 Å². The number of hydrogen-bond donors (Lipinski definition) is 1. The molecule has 1 aromatic rings. The van der Waals surface area contributed by atoms with Gasteiger partial charge in [0.2, 0.25) is 0 Å². The number of hydrogen-bond acceptors (Lipinski definition) is 3. The lowest BCUT2D eigenvalue weighted by Gasteiger charge is -2.13. The summed E-state index contributed by atoms with van der Waals surface area (Å²) in [5, 5.41) is 6.10. The van der Waals surface area contributed by atoms with E-state index in [1.807, 2.05) is 0 Å². The van der Waals surface area contributed by atoms with Crippen LogP contribution in [0.15, 0.2) is 28.6 Å². The third-order valence-electron chi connectivity index (χ3n) is 2.13. The molecule has 2 rings (SSSR count). The number of quaternary nitrogens is 1. The Morgan fingerprint density at radius 3 is 2.50 bits per heavy atom. The molecule has 96 valence electrons. The number of amides is 2. The van der Waals surface area contributed by atoms with Crippen molar-refractivity contribution in [3.63, 3.8) is 0 Å². The molecule has 1 aromatic carbocycles. The van der Waals surface area contributed by atoms with E-state index in [9.17, 15) is 18.0 Å². The molecule has 0 saturated heterocycles. The number of urea groups is 1. The minimum Gasteiger partial charge on any atom is -0.430 e. The summed E-state index contributed by atoms with van der Waals surface area (Å²) in [6, 6.07) is 1.89. The van der Waals surface area contributed by atoms with Gasteiger partial charge < -0.3 is 5.84 Å². The molecule has 1 heterocycles. The number of carbonyl (C=O) groups is 1. The zero-order valence-corrected chi connectivity index (χ0v) is 9.25. The summed E-state index contributed by atoms with van der Waals surface area (Å²) in [5.74, 6) is 7.06. The predicted molar refractivity (Wildman–Crippen MR) is 54.5 cm³/mol. The monoisotopic (exact) mass is 279 g/mol. The number of alkyl halides is 3. The van der Waals surface area contributed by atoms with E-state index in [0.29, 0.717) is 5.01 Å². The fraction of sp³-hybridized carbons (Fsp3) is 0.125. The van der Waals surface area contributed by atoms with E-state index >= 15 is 0 Å². The standard InChI is InChI=1S/C8H5ClF3N5O/c9-6-3-4(1-2-5(6)8(10,11)12)16-7(18)17(13)15-14-16/h1-3,13,17H. The molecule has 2 N–H and O–H groups in total. The van der Waals surface area contributed by atoms with E-state index in [0.717, 1.165) is 18.2 Å². The molecule has 18 heavy (non-hydrogen) atoms. The fourth-order valence-corrected chi connectivity index (χ4v) is 1.59.